The SMILES string of the molecule is C[Si](C)(C)[Si]([Si](C)(C)C)[Si](C)(C)[Si](C)(C)[Si](=[Ge])[Si](C)(C)C. The molecule has 0 rings (SSSR count). The summed E-state index contributed by atoms with van der Waals surface area (Å²) in [6.07, 6.45) is 0. The van der Waals surface area contributed by atoms with Gasteiger partial charge in [0.2, 0.25) is 0 Å². The molecule has 0 aliphatic heterocycles. The molecule has 123 valence electrons. The van der Waals surface area contributed by atoms with Gasteiger partial charge in [-0.25, -0.2) is 0 Å². The maximum absolute atomic E-state index is 2.87. The summed E-state index contributed by atoms with van der Waals surface area (Å²) in [4.78, 5) is 0. The van der Waals surface area contributed by atoms with Crippen molar-refractivity contribution >= 4 is 65.6 Å². The van der Waals surface area contributed by atoms with E-state index in [1.54, 1.807) is 0 Å². The van der Waals surface area contributed by atoms with Crippen molar-refractivity contribution in [1.29, 1.82) is 0 Å². The van der Waals surface area contributed by atoms with Gasteiger partial charge in [-0.05, 0) is 0 Å². The summed E-state index contributed by atoms with van der Waals surface area (Å²) in [5.41, 5.74) is 0. The Balaban J connectivity index is 6.09. The minimum absolute atomic E-state index is 0.0869. The van der Waals surface area contributed by atoms with Crippen LogP contribution in [-0.2, 0) is 0 Å². The maximum atomic E-state index is 2.87. The number of rotatable bonds is 6. The fraction of sp³-hybridized carbons (Fsp3) is 1.00. The molecular formula is C13H39GeSi7. The van der Waals surface area contributed by atoms with Gasteiger partial charge in [-0.2, -0.15) is 0 Å². The van der Waals surface area contributed by atoms with Gasteiger partial charge < -0.3 is 0 Å². The van der Waals surface area contributed by atoms with Gasteiger partial charge in [0, 0.05) is 0 Å². The van der Waals surface area contributed by atoms with Crippen molar-refractivity contribution in [3.63, 3.8) is 0 Å². The Bertz CT molecular complexity index is 382. The monoisotopic (exact) mass is 465 g/mol. The molecule has 0 spiro atoms. The predicted molar refractivity (Wildman–Crippen MR) is 122 cm³/mol. The molecule has 0 nitrogen and oxygen atoms in total. The summed E-state index contributed by atoms with van der Waals surface area (Å²) in [6, 6.07) is 0. The summed E-state index contributed by atoms with van der Waals surface area (Å²) >= 11 is 2.76. The van der Waals surface area contributed by atoms with Crippen LogP contribution in [0.3, 0.4) is 0 Å². The van der Waals surface area contributed by atoms with Gasteiger partial charge in [-0.15, -0.1) is 0 Å². The molecule has 21 heavy (non-hydrogen) atoms. The standard InChI is InChI=1S/C13H39GeSi7/c1-17(2,3)15(14)20(10,11)21(12,13)16(18(4,5)6)19(7,8)9/h1-13H3. The molecule has 0 amide bonds. The van der Waals surface area contributed by atoms with Gasteiger partial charge in [-0.1, -0.05) is 0 Å². The molecule has 0 bridgehead atoms. The van der Waals surface area contributed by atoms with Gasteiger partial charge in [0.15, 0.2) is 0 Å². The van der Waals surface area contributed by atoms with E-state index in [1.165, 1.54) is 0 Å². The molecule has 0 heterocycles. The normalized spacial score (nSPS) is 15.5. The molecule has 0 aromatic heterocycles. The second kappa shape index (κ2) is 6.75. The summed E-state index contributed by atoms with van der Waals surface area (Å²) < 4.78 is 0. The van der Waals surface area contributed by atoms with Crippen LogP contribution in [-0.4, -0.2) is 65.6 Å². The van der Waals surface area contributed by atoms with Crippen molar-refractivity contribution in [1.82, 2.24) is 0 Å². The van der Waals surface area contributed by atoms with Crippen LogP contribution in [0.4, 0.5) is 0 Å². The Labute approximate surface area is 150 Å². The molecule has 3 radical (unpaired) electrons. The summed E-state index contributed by atoms with van der Waals surface area (Å²) in [5, 5.41) is 0. The molecule has 8 heteroatoms. The van der Waals surface area contributed by atoms with E-state index >= 15 is 0 Å². The van der Waals surface area contributed by atoms with Crippen molar-refractivity contribution in [2.75, 3.05) is 0 Å². The predicted octanol–water partition coefficient (Wildman–Crippen LogP) is 4.54. The number of hydrogen-bond acceptors (Lipinski definition) is 0. The van der Waals surface area contributed by atoms with Crippen molar-refractivity contribution in [2.24, 2.45) is 0 Å². The van der Waals surface area contributed by atoms with Gasteiger partial charge in [0.05, 0.1) is 0 Å². The van der Waals surface area contributed by atoms with E-state index in [0.717, 1.165) is 0 Å². The fourth-order valence-electron chi connectivity index (χ4n) is 4.56. The Kier molecular flexibility index (Phi) is 7.42. The van der Waals surface area contributed by atoms with Crippen LogP contribution in [0.15, 0.2) is 0 Å². The van der Waals surface area contributed by atoms with E-state index in [4.69, 9.17) is 0 Å². The zero-order valence-electron chi connectivity index (χ0n) is 17.0. The van der Waals surface area contributed by atoms with E-state index in [-0.39, 0.29) is 13.2 Å². The van der Waals surface area contributed by atoms with E-state index in [0.29, 0.717) is 0 Å². The summed E-state index contributed by atoms with van der Waals surface area (Å²) in [5.74, 6) is -0.0926. The van der Waals surface area contributed by atoms with Crippen LogP contribution in [0.1, 0.15) is 0 Å². The average molecular weight is 465 g/mol. The first-order chi connectivity index (χ1) is 8.77. The van der Waals surface area contributed by atoms with E-state index in [1.807, 2.05) is 0 Å². The van der Waals surface area contributed by atoms with Gasteiger partial charge >= 0.3 is 151 Å². The van der Waals surface area contributed by atoms with Crippen molar-refractivity contribution in [2.45, 2.75) is 85.1 Å². The van der Waals surface area contributed by atoms with Crippen molar-refractivity contribution < 1.29 is 0 Å². The van der Waals surface area contributed by atoms with Crippen LogP contribution < -0.4 is 0 Å². The first-order valence-electron chi connectivity index (χ1n) is 8.25. The Morgan fingerprint density at radius 2 is 0.762 bits per heavy atom. The fourth-order valence-corrected chi connectivity index (χ4v) is 221. The first-order valence-corrected chi connectivity index (χ1v) is 36.9. The summed E-state index contributed by atoms with van der Waals surface area (Å²) in [7, 11) is -5.07. The average Bonchev–Trinajstić information content (AvgIpc) is 2.08. The Morgan fingerprint density at radius 3 is 0.952 bits per heavy atom. The van der Waals surface area contributed by atoms with E-state index in [2.05, 4.69) is 100 Å². The molecule has 0 aliphatic rings. The van der Waals surface area contributed by atoms with Crippen LogP contribution in [0, 0.1) is 0 Å². The molecule has 0 fully saturated rings. The van der Waals surface area contributed by atoms with Gasteiger partial charge in [-0.3, -0.25) is 0 Å². The third-order valence-electron chi connectivity index (χ3n) is 5.06. The molecule has 0 atom stereocenters. The third kappa shape index (κ3) is 5.27. The third-order valence-corrected chi connectivity index (χ3v) is 152. The van der Waals surface area contributed by atoms with Crippen LogP contribution in [0.2, 0.25) is 85.1 Å². The van der Waals surface area contributed by atoms with Crippen molar-refractivity contribution in [3.8, 4) is 0 Å². The summed E-state index contributed by atoms with van der Waals surface area (Å²) in [6.45, 7) is 35.7. The zero-order valence-corrected chi connectivity index (χ0v) is 26.1. The molecule has 0 saturated carbocycles. The molecule has 0 aliphatic carbocycles. The molecule has 0 aromatic carbocycles. The zero-order chi connectivity index (χ0) is 17.7. The molecule has 0 N–H and O–H groups in total. The molecule has 0 aromatic rings. The molecular weight excluding hydrogens is 425 g/mol. The first kappa shape index (κ1) is 23.1. The van der Waals surface area contributed by atoms with Crippen LogP contribution >= 0.6 is 0 Å². The Hall–Kier alpha value is 2.06. The van der Waals surface area contributed by atoms with Crippen LogP contribution in [0.5, 0.6) is 0 Å². The molecule has 0 unspecified atom stereocenters. The van der Waals surface area contributed by atoms with Gasteiger partial charge in [0.25, 0.3) is 0 Å². The quantitative estimate of drug-likeness (QED) is 0.506. The minimum atomic E-state index is -1.06. The second-order valence-electron chi connectivity index (χ2n) is 10.8. The van der Waals surface area contributed by atoms with Crippen molar-refractivity contribution in [3.05, 3.63) is 0 Å². The second-order valence-corrected chi connectivity index (χ2v) is 86.7. The van der Waals surface area contributed by atoms with E-state index < -0.39 is 37.0 Å². The Morgan fingerprint density at radius 1 is 0.476 bits per heavy atom. The number of hydrogen-bond donors (Lipinski definition) is 0. The molecule has 0 saturated heterocycles. The van der Waals surface area contributed by atoms with Gasteiger partial charge in [0.1, 0.15) is 0 Å². The van der Waals surface area contributed by atoms with Crippen LogP contribution in [0.25, 0.3) is 0 Å². The topological polar surface area (TPSA) is 0 Å². The van der Waals surface area contributed by atoms with E-state index in [9.17, 15) is 0 Å².